The Morgan fingerprint density at radius 1 is 0.971 bits per heavy atom. The Bertz CT molecular complexity index is 1200. The molecule has 6 nitrogen and oxygen atoms in total. The van der Waals surface area contributed by atoms with Crippen LogP contribution in [0.2, 0.25) is 5.02 Å². The van der Waals surface area contributed by atoms with Crippen LogP contribution in [0.4, 0.5) is 18.9 Å². The van der Waals surface area contributed by atoms with E-state index < -0.39 is 34.1 Å². The molecule has 0 aliphatic carbocycles. The second-order valence-corrected chi connectivity index (χ2v) is 7.05. The normalized spacial score (nSPS) is 10.2. The molecule has 0 saturated carbocycles. The van der Waals surface area contributed by atoms with E-state index in [0.29, 0.717) is 17.0 Å². The maximum Gasteiger partial charge on any atom is 0.418 e. The molecule has 0 radical (unpaired) electrons. The van der Waals surface area contributed by atoms with Gasteiger partial charge in [0.2, 0.25) is 0 Å². The van der Waals surface area contributed by atoms with Crippen LogP contribution in [0.25, 0.3) is 0 Å². The van der Waals surface area contributed by atoms with Crippen LogP contribution < -0.4 is 10.5 Å². The number of hydrogen-bond donors (Lipinski definition) is 1. The Labute approximate surface area is 210 Å². The number of ether oxygens (including phenoxy) is 2. The molecule has 3 aromatic rings. The molecular formula is C24H20Cl2F3NO5. The van der Waals surface area contributed by atoms with Gasteiger partial charge in [-0.3, -0.25) is 9.59 Å². The van der Waals surface area contributed by atoms with Crippen LogP contribution in [0, 0.1) is 0 Å². The maximum absolute atomic E-state index is 13.2. The van der Waals surface area contributed by atoms with E-state index in [-0.39, 0.29) is 29.8 Å². The van der Waals surface area contributed by atoms with Crippen LogP contribution in [-0.2, 0) is 10.9 Å². The van der Waals surface area contributed by atoms with Crippen molar-refractivity contribution in [1.82, 2.24) is 0 Å². The fourth-order valence-corrected chi connectivity index (χ4v) is 3.16. The molecule has 186 valence electrons. The third-order valence-electron chi connectivity index (χ3n) is 4.54. The summed E-state index contributed by atoms with van der Waals surface area (Å²) >= 11 is 5.61. The number of nitrogens with two attached hydrogens (primary N) is 1. The van der Waals surface area contributed by atoms with E-state index in [1.165, 1.54) is 38.5 Å². The Morgan fingerprint density at radius 3 is 2.06 bits per heavy atom. The minimum atomic E-state index is -4.87. The molecule has 0 atom stereocenters. The van der Waals surface area contributed by atoms with E-state index in [0.717, 1.165) is 12.1 Å². The average Bonchev–Trinajstić information content (AvgIpc) is 2.83. The standard InChI is InChI=1S/C16H10ClF3O3.C8H9NO2.ClH/c1-23-11-5-2-9(3-6-11)15(22)13-10(8-21)4-7-12(17)14(13)16(18,19)20;1-11-8(10)6-4-2-3-5-7(6)9;/h2-8H,1H3;2-5H,9H2,1H3;1H. The number of rotatable bonds is 5. The van der Waals surface area contributed by atoms with Gasteiger partial charge in [0, 0.05) is 22.4 Å². The van der Waals surface area contributed by atoms with Crippen molar-refractivity contribution in [3.8, 4) is 5.75 Å². The highest BCUT2D eigenvalue weighted by molar-refractivity contribution is 6.32. The smallest absolute Gasteiger partial charge is 0.418 e. The lowest BCUT2D eigenvalue weighted by Crippen LogP contribution is -2.17. The highest BCUT2D eigenvalue weighted by Gasteiger charge is 2.39. The van der Waals surface area contributed by atoms with Crippen LogP contribution in [0.5, 0.6) is 5.75 Å². The van der Waals surface area contributed by atoms with Gasteiger partial charge in [0.05, 0.1) is 30.4 Å². The summed E-state index contributed by atoms with van der Waals surface area (Å²) in [5.41, 5.74) is 3.89. The minimum absolute atomic E-state index is 0. The molecular weight excluding hydrogens is 510 g/mol. The summed E-state index contributed by atoms with van der Waals surface area (Å²) in [4.78, 5) is 34.5. The number of para-hydroxylation sites is 1. The first-order valence-corrected chi connectivity index (χ1v) is 9.89. The van der Waals surface area contributed by atoms with Crippen molar-refractivity contribution in [2.45, 2.75) is 6.18 Å². The van der Waals surface area contributed by atoms with Crippen molar-refractivity contribution >= 4 is 47.7 Å². The maximum atomic E-state index is 13.2. The molecule has 3 aromatic carbocycles. The summed E-state index contributed by atoms with van der Waals surface area (Å²) in [5, 5.41) is -0.639. The Hall–Kier alpha value is -3.56. The van der Waals surface area contributed by atoms with E-state index in [1.807, 2.05) is 0 Å². The minimum Gasteiger partial charge on any atom is -0.497 e. The molecule has 0 saturated heterocycles. The largest absolute Gasteiger partial charge is 0.497 e. The van der Waals surface area contributed by atoms with E-state index >= 15 is 0 Å². The van der Waals surface area contributed by atoms with Gasteiger partial charge >= 0.3 is 12.1 Å². The fourth-order valence-electron chi connectivity index (χ4n) is 2.89. The zero-order valence-electron chi connectivity index (χ0n) is 18.4. The molecule has 0 fully saturated rings. The molecule has 0 aliphatic rings. The number of nitrogen functional groups attached to an aromatic ring is 1. The molecule has 0 aliphatic heterocycles. The van der Waals surface area contributed by atoms with Gasteiger partial charge in [-0.2, -0.15) is 13.2 Å². The van der Waals surface area contributed by atoms with Crippen molar-refractivity contribution in [2.75, 3.05) is 20.0 Å². The molecule has 0 unspecified atom stereocenters. The zero-order chi connectivity index (χ0) is 25.5. The zero-order valence-corrected chi connectivity index (χ0v) is 20.0. The van der Waals surface area contributed by atoms with Crippen molar-refractivity contribution in [2.24, 2.45) is 0 Å². The number of benzene rings is 3. The Morgan fingerprint density at radius 2 is 1.57 bits per heavy atom. The van der Waals surface area contributed by atoms with Crippen LogP contribution in [0.1, 0.15) is 42.2 Å². The average molecular weight is 530 g/mol. The van der Waals surface area contributed by atoms with Crippen molar-refractivity contribution in [1.29, 1.82) is 0 Å². The predicted molar refractivity (Wildman–Crippen MR) is 128 cm³/mol. The number of esters is 1. The first-order chi connectivity index (χ1) is 16.0. The highest BCUT2D eigenvalue weighted by Crippen LogP contribution is 2.39. The summed E-state index contributed by atoms with van der Waals surface area (Å²) in [7, 11) is 2.74. The summed E-state index contributed by atoms with van der Waals surface area (Å²) in [6.07, 6.45) is -4.67. The number of hydrogen-bond acceptors (Lipinski definition) is 6. The van der Waals surface area contributed by atoms with Gasteiger partial charge in [-0.05, 0) is 48.5 Å². The highest BCUT2D eigenvalue weighted by atomic mass is 35.5. The van der Waals surface area contributed by atoms with E-state index in [1.54, 1.807) is 24.3 Å². The summed E-state index contributed by atoms with van der Waals surface area (Å²) in [6, 6.07) is 14.3. The number of carbonyl (C=O) groups excluding carboxylic acids is 3. The molecule has 0 aromatic heterocycles. The molecule has 0 heterocycles. The first-order valence-electron chi connectivity index (χ1n) is 9.51. The second-order valence-electron chi connectivity index (χ2n) is 6.64. The first kappa shape index (κ1) is 29.5. The number of methoxy groups -OCH3 is 2. The van der Waals surface area contributed by atoms with E-state index in [4.69, 9.17) is 22.1 Å². The lowest BCUT2D eigenvalue weighted by Gasteiger charge is -2.15. The Balaban J connectivity index is 0.000000430. The van der Waals surface area contributed by atoms with E-state index in [9.17, 15) is 27.6 Å². The number of aldehydes is 1. The molecule has 11 heteroatoms. The second kappa shape index (κ2) is 12.8. The third kappa shape index (κ3) is 7.21. The number of anilines is 1. The lowest BCUT2D eigenvalue weighted by atomic mass is 9.93. The number of ketones is 1. The lowest BCUT2D eigenvalue weighted by molar-refractivity contribution is -0.137. The van der Waals surface area contributed by atoms with Gasteiger partial charge < -0.3 is 15.2 Å². The summed E-state index contributed by atoms with van der Waals surface area (Å²) in [5.74, 6) is -0.896. The van der Waals surface area contributed by atoms with Crippen molar-refractivity contribution < 1.29 is 37.0 Å². The molecule has 0 bridgehead atoms. The van der Waals surface area contributed by atoms with Gasteiger partial charge in [0.1, 0.15) is 5.75 Å². The Kier molecular flexibility index (Phi) is 10.8. The van der Waals surface area contributed by atoms with Gasteiger partial charge in [-0.25, -0.2) is 4.79 Å². The summed E-state index contributed by atoms with van der Waals surface area (Å²) in [6.45, 7) is 0. The quantitative estimate of drug-likeness (QED) is 0.191. The van der Waals surface area contributed by atoms with E-state index in [2.05, 4.69) is 4.74 Å². The van der Waals surface area contributed by atoms with Crippen LogP contribution in [0.15, 0.2) is 60.7 Å². The van der Waals surface area contributed by atoms with Gasteiger partial charge in [-0.15, -0.1) is 12.4 Å². The number of alkyl halides is 3. The molecule has 2 N–H and O–H groups in total. The molecule has 0 spiro atoms. The van der Waals surface area contributed by atoms with Crippen LogP contribution >= 0.6 is 24.0 Å². The SMILES string of the molecule is COC(=O)c1ccccc1N.COc1ccc(C(=O)c2c(C=O)ccc(Cl)c2C(F)(F)F)cc1.Cl. The van der Waals surface area contributed by atoms with Crippen LogP contribution in [0.3, 0.4) is 0 Å². The fraction of sp³-hybridized carbons (Fsp3) is 0.125. The number of carbonyl (C=O) groups is 3. The monoisotopic (exact) mass is 529 g/mol. The topological polar surface area (TPSA) is 95.7 Å². The molecule has 35 heavy (non-hydrogen) atoms. The van der Waals surface area contributed by atoms with Gasteiger partial charge in [0.15, 0.2) is 12.1 Å². The van der Waals surface area contributed by atoms with Gasteiger partial charge in [0.25, 0.3) is 0 Å². The number of halogens is 5. The molecule has 0 amide bonds. The van der Waals surface area contributed by atoms with Crippen LogP contribution in [-0.4, -0.2) is 32.3 Å². The summed E-state index contributed by atoms with van der Waals surface area (Å²) < 4.78 is 49.2. The third-order valence-corrected chi connectivity index (χ3v) is 4.86. The predicted octanol–water partition coefficient (Wildman–Crippen LogP) is 5.89. The molecule has 3 rings (SSSR count). The van der Waals surface area contributed by atoms with Gasteiger partial charge in [-0.1, -0.05) is 23.7 Å². The van der Waals surface area contributed by atoms with Crippen molar-refractivity contribution in [3.63, 3.8) is 0 Å². The van der Waals surface area contributed by atoms with Crippen molar-refractivity contribution in [3.05, 3.63) is 93.5 Å².